The first-order valence-corrected chi connectivity index (χ1v) is 16.9. The number of nitrogens with zero attached hydrogens (tertiary/aromatic N) is 1. The molecule has 0 radical (unpaired) electrons. The fourth-order valence-electron chi connectivity index (χ4n) is 3.24. The summed E-state index contributed by atoms with van der Waals surface area (Å²) < 4.78 is 16.5. The highest BCUT2D eigenvalue weighted by molar-refractivity contribution is 7.00. The summed E-state index contributed by atoms with van der Waals surface area (Å²) in [6.07, 6.45) is 0. The maximum Gasteiger partial charge on any atom is 0.387 e. The van der Waals surface area contributed by atoms with Crippen LogP contribution in [-0.4, -0.2) is 43.7 Å². The van der Waals surface area contributed by atoms with E-state index in [2.05, 4.69) is 105 Å². The van der Waals surface area contributed by atoms with Gasteiger partial charge in [-0.05, 0) is 49.7 Å². The van der Waals surface area contributed by atoms with Gasteiger partial charge in [-0.1, -0.05) is 74.5 Å². The molecule has 0 saturated carbocycles. The summed E-state index contributed by atoms with van der Waals surface area (Å²) in [5.74, 6) is 0. The highest BCUT2D eigenvalue weighted by Gasteiger charge is 2.47. The van der Waals surface area contributed by atoms with E-state index in [1.165, 1.54) is 10.4 Å². The molecule has 0 aliphatic rings. The van der Waals surface area contributed by atoms with Crippen LogP contribution in [0.15, 0.2) is 60.7 Å². The Kier molecular flexibility index (Phi) is 7.57. The van der Waals surface area contributed by atoms with Gasteiger partial charge in [-0.3, -0.25) is 0 Å². The quantitative estimate of drug-likeness (QED) is 0.600. The van der Waals surface area contributed by atoms with E-state index in [0.717, 1.165) is 13.1 Å². The van der Waals surface area contributed by atoms with Crippen molar-refractivity contribution in [3.05, 3.63) is 60.7 Å². The van der Waals surface area contributed by atoms with E-state index in [1.54, 1.807) is 0 Å². The summed E-state index contributed by atoms with van der Waals surface area (Å²) in [4.78, 5) is 0. The molecular formula is C20H33NO2Si3. The van der Waals surface area contributed by atoms with E-state index in [0.29, 0.717) is 0 Å². The van der Waals surface area contributed by atoms with Gasteiger partial charge in [0.25, 0.3) is 0 Å². The van der Waals surface area contributed by atoms with Crippen LogP contribution < -0.4 is 10.4 Å². The Balaban J connectivity index is 2.60. The van der Waals surface area contributed by atoms with Crippen LogP contribution >= 0.6 is 0 Å². The smallest absolute Gasteiger partial charge is 0.387 e. The molecular weight excluding hydrogens is 370 g/mol. The molecule has 26 heavy (non-hydrogen) atoms. The van der Waals surface area contributed by atoms with E-state index in [4.69, 9.17) is 8.23 Å². The zero-order valence-electron chi connectivity index (χ0n) is 17.0. The van der Waals surface area contributed by atoms with Gasteiger partial charge in [-0.25, -0.2) is 0 Å². The molecule has 0 aliphatic carbocycles. The minimum atomic E-state index is -2.76. The van der Waals surface area contributed by atoms with Crippen LogP contribution in [0.25, 0.3) is 0 Å². The fraction of sp³-hybridized carbons (Fsp3) is 0.400. The fourth-order valence-corrected chi connectivity index (χ4v) is 14.5. The summed E-state index contributed by atoms with van der Waals surface area (Å²) in [6.45, 7) is 15.5. The highest BCUT2D eigenvalue weighted by atomic mass is 28.5. The standard InChI is InChI=1S/C20H33NO2Si3/c1-7-21(8-2)24(3)22-26(23-25(4,5)6,19-15-11-9-12-16-19)20-17-13-10-14-18-20/h9-18,24H,7-8H2,1-6H3. The molecule has 142 valence electrons. The van der Waals surface area contributed by atoms with E-state index < -0.39 is 26.1 Å². The third-order valence-electron chi connectivity index (χ3n) is 4.42. The lowest BCUT2D eigenvalue weighted by atomic mass is 10.4. The predicted molar refractivity (Wildman–Crippen MR) is 119 cm³/mol. The molecule has 3 nitrogen and oxygen atoms in total. The zero-order valence-corrected chi connectivity index (χ0v) is 20.2. The Labute approximate surface area is 163 Å². The molecule has 0 N–H and O–H groups in total. The maximum atomic E-state index is 7.05. The minimum Gasteiger partial charge on any atom is -0.430 e. The predicted octanol–water partition coefficient (Wildman–Crippen LogP) is 3.30. The van der Waals surface area contributed by atoms with E-state index in [1.807, 2.05) is 0 Å². The third kappa shape index (κ3) is 5.25. The van der Waals surface area contributed by atoms with Crippen LogP contribution in [0.3, 0.4) is 0 Å². The van der Waals surface area contributed by atoms with Crippen molar-refractivity contribution in [2.24, 2.45) is 0 Å². The zero-order chi connectivity index (χ0) is 19.2. The molecule has 1 atom stereocenters. The number of benzene rings is 2. The van der Waals surface area contributed by atoms with Gasteiger partial charge in [0, 0.05) is 0 Å². The Morgan fingerprint density at radius 2 is 1.23 bits per heavy atom. The molecule has 0 fully saturated rings. The second-order valence-corrected chi connectivity index (χ2v) is 17.8. The summed E-state index contributed by atoms with van der Waals surface area (Å²) >= 11 is 0. The Morgan fingerprint density at radius 1 is 0.808 bits per heavy atom. The van der Waals surface area contributed by atoms with E-state index in [-0.39, 0.29) is 0 Å². The van der Waals surface area contributed by atoms with Crippen LogP contribution in [0.2, 0.25) is 26.2 Å². The number of rotatable bonds is 9. The van der Waals surface area contributed by atoms with Crippen molar-refractivity contribution in [2.75, 3.05) is 13.1 Å². The van der Waals surface area contributed by atoms with Gasteiger partial charge < -0.3 is 12.8 Å². The average molecular weight is 404 g/mol. The first kappa shape index (κ1) is 21.3. The first-order valence-electron chi connectivity index (χ1n) is 9.55. The Bertz CT molecular complexity index is 618. The number of hydrogen-bond donors (Lipinski definition) is 0. The van der Waals surface area contributed by atoms with Gasteiger partial charge in [-0.2, -0.15) is 0 Å². The molecule has 0 spiro atoms. The van der Waals surface area contributed by atoms with Crippen molar-refractivity contribution in [3.63, 3.8) is 0 Å². The molecule has 0 amide bonds. The Morgan fingerprint density at radius 3 is 1.58 bits per heavy atom. The lowest BCUT2D eigenvalue weighted by molar-refractivity contribution is 0.356. The molecule has 0 aliphatic heterocycles. The largest absolute Gasteiger partial charge is 0.430 e. The molecule has 0 saturated heterocycles. The topological polar surface area (TPSA) is 21.7 Å². The SMILES string of the molecule is CCN(CC)[SiH](C)O[Si](O[Si](C)(C)C)(c1ccccc1)c1ccccc1. The summed E-state index contributed by atoms with van der Waals surface area (Å²) in [5, 5.41) is 2.42. The third-order valence-corrected chi connectivity index (χ3v) is 14.7. The van der Waals surface area contributed by atoms with Crippen LogP contribution in [-0.2, 0) is 8.23 Å². The molecule has 6 heteroatoms. The molecule has 2 rings (SSSR count). The van der Waals surface area contributed by atoms with Crippen LogP contribution in [0.4, 0.5) is 0 Å². The van der Waals surface area contributed by atoms with Crippen molar-refractivity contribution in [2.45, 2.75) is 40.0 Å². The molecule has 0 aromatic heterocycles. The number of hydrogen-bond acceptors (Lipinski definition) is 3. The first-order chi connectivity index (χ1) is 12.3. The normalized spacial score (nSPS) is 13.8. The average Bonchev–Trinajstić information content (AvgIpc) is 2.62. The molecule has 2 aromatic rings. The lowest BCUT2D eigenvalue weighted by Gasteiger charge is -2.41. The summed E-state index contributed by atoms with van der Waals surface area (Å²) in [6, 6.07) is 21.3. The van der Waals surface area contributed by atoms with Crippen molar-refractivity contribution >= 4 is 36.5 Å². The molecule has 1 unspecified atom stereocenters. The lowest BCUT2D eigenvalue weighted by Crippen LogP contribution is -2.69. The molecule has 0 bridgehead atoms. The maximum absolute atomic E-state index is 7.05. The van der Waals surface area contributed by atoms with Crippen molar-refractivity contribution in [1.29, 1.82) is 0 Å². The van der Waals surface area contributed by atoms with Crippen LogP contribution in [0, 0.1) is 0 Å². The van der Waals surface area contributed by atoms with Crippen LogP contribution in [0.5, 0.6) is 0 Å². The van der Waals surface area contributed by atoms with Gasteiger partial charge in [0.1, 0.15) is 0 Å². The molecule has 0 heterocycles. The monoisotopic (exact) mass is 403 g/mol. The van der Waals surface area contributed by atoms with Crippen molar-refractivity contribution in [1.82, 2.24) is 4.57 Å². The summed E-state index contributed by atoms with van der Waals surface area (Å²) in [5.41, 5.74) is 0. The van der Waals surface area contributed by atoms with Crippen molar-refractivity contribution in [3.8, 4) is 0 Å². The second-order valence-electron chi connectivity index (χ2n) is 7.50. The van der Waals surface area contributed by atoms with Gasteiger partial charge in [0.2, 0.25) is 9.20 Å². The van der Waals surface area contributed by atoms with E-state index in [9.17, 15) is 0 Å². The van der Waals surface area contributed by atoms with Crippen LogP contribution in [0.1, 0.15) is 13.8 Å². The van der Waals surface area contributed by atoms with E-state index >= 15 is 0 Å². The van der Waals surface area contributed by atoms with Gasteiger partial charge in [0.15, 0.2) is 8.32 Å². The second kappa shape index (κ2) is 9.25. The molecule has 2 aromatic carbocycles. The van der Waals surface area contributed by atoms with Gasteiger partial charge >= 0.3 is 8.56 Å². The highest BCUT2D eigenvalue weighted by Crippen LogP contribution is 2.19. The van der Waals surface area contributed by atoms with Crippen molar-refractivity contribution < 1.29 is 8.23 Å². The summed E-state index contributed by atoms with van der Waals surface area (Å²) in [7, 11) is -6.18. The Hall–Kier alpha value is -1.03. The van der Waals surface area contributed by atoms with Gasteiger partial charge in [0.05, 0.1) is 0 Å². The van der Waals surface area contributed by atoms with Gasteiger partial charge in [-0.15, -0.1) is 0 Å². The minimum absolute atomic E-state index is 1.02.